The average molecular weight is 492 g/mol. The van der Waals surface area contributed by atoms with Gasteiger partial charge in [0.05, 0.1) is 12.3 Å². The molecular formula is C18H15BrN5O5P. The summed E-state index contributed by atoms with van der Waals surface area (Å²) in [6, 6.07) is 9.65. The summed E-state index contributed by atoms with van der Waals surface area (Å²) in [7, 11) is -0.142. The number of aliphatic hydroxyl groups is 1. The number of aromatic amines is 1. The van der Waals surface area contributed by atoms with Crippen molar-refractivity contribution in [1.29, 1.82) is 0 Å². The fraction of sp³-hybridized carbons (Fsp3) is 0.278. The molecule has 1 aromatic carbocycles. The Morgan fingerprint density at radius 3 is 2.90 bits per heavy atom. The van der Waals surface area contributed by atoms with Gasteiger partial charge in [0.2, 0.25) is 5.78 Å². The Hall–Kier alpha value is -2.14. The third-order valence-electron chi connectivity index (χ3n) is 5.35. The summed E-state index contributed by atoms with van der Waals surface area (Å²) >= 11 is 3.38. The van der Waals surface area contributed by atoms with E-state index in [0.717, 1.165) is 11.3 Å². The van der Waals surface area contributed by atoms with Crippen LogP contribution < -0.4 is 5.56 Å². The first-order chi connectivity index (χ1) is 14.6. The van der Waals surface area contributed by atoms with Gasteiger partial charge in [0.25, 0.3) is 5.56 Å². The average Bonchev–Trinajstić information content (AvgIpc) is 3.43. The van der Waals surface area contributed by atoms with E-state index >= 15 is 0 Å². The van der Waals surface area contributed by atoms with Crippen molar-refractivity contribution < 1.29 is 18.9 Å². The first kappa shape index (κ1) is 18.6. The fourth-order valence-electron chi connectivity index (χ4n) is 3.91. The lowest BCUT2D eigenvalue weighted by atomic mass is 10.1. The van der Waals surface area contributed by atoms with Crippen molar-refractivity contribution in [3.63, 3.8) is 0 Å². The molecule has 2 aliphatic rings. The zero-order chi connectivity index (χ0) is 20.4. The quantitative estimate of drug-likeness (QED) is 0.325. The minimum absolute atomic E-state index is 0.142. The maximum atomic E-state index is 13.1. The van der Waals surface area contributed by atoms with Crippen LogP contribution in [0.4, 0.5) is 0 Å². The van der Waals surface area contributed by atoms with E-state index in [-0.39, 0.29) is 20.1 Å². The highest BCUT2D eigenvalue weighted by Crippen LogP contribution is 2.41. The maximum absolute atomic E-state index is 13.1. The molecule has 0 spiro atoms. The third-order valence-corrected chi connectivity index (χ3v) is 6.56. The van der Waals surface area contributed by atoms with Gasteiger partial charge in [-0.1, -0.05) is 30.3 Å². The molecule has 0 aliphatic carbocycles. The molecule has 5 heterocycles. The molecule has 154 valence electrons. The molecule has 6 rings (SSSR count). The number of imidazole rings is 2. The van der Waals surface area contributed by atoms with Crippen molar-refractivity contribution in [2.75, 3.05) is 6.61 Å². The molecule has 0 radical (unpaired) electrons. The van der Waals surface area contributed by atoms with Crippen LogP contribution in [0, 0.1) is 0 Å². The molecule has 2 fully saturated rings. The number of rotatable bonds is 2. The van der Waals surface area contributed by atoms with E-state index in [9.17, 15) is 9.90 Å². The van der Waals surface area contributed by atoms with Crippen LogP contribution in [0.2, 0.25) is 0 Å². The third kappa shape index (κ3) is 2.71. The van der Waals surface area contributed by atoms with Crippen LogP contribution in [0.1, 0.15) is 6.23 Å². The van der Waals surface area contributed by atoms with E-state index in [4.69, 9.17) is 13.8 Å². The van der Waals surface area contributed by atoms with Crippen molar-refractivity contribution in [3.8, 4) is 11.3 Å². The molecule has 10 nitrogen and oxygen atoms in total. The number of fused-ring (bicyclic) bond motifs is 3. The number of ether oxygens (including phenoxy) is 1. The highest BCUT2D eigenvalue weighted by Gasteiger charge is 2.48. The summed E-state index contributed by atoms with van der Waals surface area (Å²) in [5.74, 6) is 0.367. The van der Waals surface area contributed by atoms with E-state index in [0.29, 0.717) is 22.8 Å². The summed E-state index contributed by atoms with van der Waals surface area (Å²) in [5.41, 5.74) is 1.84. The Balaban J connectivity index is 1.51. The highest BCUT2D eigenvalue weighted by molar-refractivity contribution is 9.10. The molecule has 0 saturated carbocycles. The lowest BCUT2D eigenvalue weighted by molar-refractivity contribution is -0.0529. The molecule has 2 N–H and O–H groups in total. The molecule has 5 atom stereocenters. The second-order valence-electron chi connectivity index (χ2n) is 7.10. The minimum atomic E-state index is -0.955. The normalized spacial score (nSPS) is 27.3. The van der Waals surface area contributed by atoms with E-state index in [1.807, 2.05) is 30.3 Å². The van der Waals surface area contributed by atoms with Crippen LogP contribution in [-0.2, 0) is 13.8 Å². The highest BCUT2D eigenvalue weighted by atomic mass is 79.9. The van der Waals surface area contributed by atoms with Gasteiger partial charge in [-0.3, -0.25) is 9.36 Å². The number of halogens is 1. The van der Waals surface area contributed by atoms with Crippen LogP contribution in [0.3, 0.4) is 0 Å². The number of hydrogen-bond acceptors (Lipinski definition) is 7. The number of nitrogens with one attached hydrogen (secondary N) is 1. The monoisotopic (exact) mass is 491 g/mol. The first-order valence-corrected chi connectivity index (χ1v) is 10.8. The molecule has 4 aromatic rings. The Kier molecular flexibility index (Phi) is 4.31. The van der Waals surface area contributed by atoms with Crippen LogP contribution in [0.25, 0.3) is 28.2 Å². The molecular weight excluding hydrogens is 477 g/mol. The fourth-order valence-corrected chi connectivity index (χ4v) is 5.16. The second-order valence-corrected chi connectivity index (χ2v) is 8.50. The Labute approximate surface area is 178 Å². The summed E-state index contributed by atoms with van der Waals surface area (Å²) in [4.78, 5) is 25.3. The van der Waals surface area contributed by atoms with Gasteiger partial charge in [0, 0.05) is 6.20 Å². The molecule has 12 heteroatoms. The topological polar surface area (TPSA) is 116 Å². The largest absolute Gasteiger partial charge is 0.386 e. The van der Waals surface area contributed by atoms with Crippen LogP contribution in [-0.4, -0.2) is 53.9 Å². The van der Waals surface area contributed by atoms with Crippen molar-refractivity contribution >= 4 is 41.9 Å². The lowest BCUT2D eigenvalue weighted by Crippen LogP contribution is -2.36. The molecule has 3 aromatic heterocycles. The summed E-state index contributed by atoms with van der Waals surface area (Å²) in [6.45, 7) is 0.332. The Bertz CT molecular complexity index is 1320. The maximum Gasteiger partial charge on any atom is 0.287 e. The number of nitrogens with zero attached hydrogens (tertiary/aromatic N) is 4. The van der Waals surface area contributed by atoms with Gasteiger partial charge < -0.3 is 23.9 Å². The first-order valence-electron chi connectivity index (χ1n) is 9.22. The molecule has 0 bridgehead atoms. The van der Waals surface area contributed by atoms with Gasteiger partial charge in [0.15, 0.2) is 31.2 Å². The standard InChI is InChI=1S/C18H15BrN5O5P/c19-17-21-11-14(24(17)16-12(25)13-10(28-16)7-27-30-29-13)22-18-20-9(6-23(18)15(11)26)8-4-2-1-3-5-8/h1-6,10,12-13,16,25,30H,7H2,(H,20,22). The number of aromatic nitrogens is 5. The van der Waals surface area contributed by atoms with Gasteiger partial charge >= 0.3 is 0 Å². The molecule has 30 heavy (non-hydrogen) atoms. The van der Waals surface area contributed by atoms with E-state index in [1.165, 1.54) is 4.40 Å². The SMILES string of the molecule is O=c1c2nc(Br)n(C3OC4COPOC4C3O)c2nc2[nH]c(-c3ccccc3)cn12. The van der Waals surface area contributed by atoms with Crippen LogP contribution in [0.5, 0.6) is 0 Å². The Morgan fingerprint density at radius 2 is 2.10 bits per heavy atom. The van der Waals surface area contributed by atoms with Gasteiger partial charge in [-0.15, -0.1) is 0 Å². The predicted octanol–water partition coefficient (Wildman–Crippen LogP) is 1.98. The molecule has 0 amide bonds. The van der Waals surface area contributed by atoms with E-state index in [1.54, 1.807) is 10.8 Å². The van der Waals surface area contributed by atoms with E-state index < -0.39 is 24.5 Å². The molecule has 2 saturated heterocycles. The van der Waals surface area contributed by atoms with Crippen molar-refractivity contribution in [3.05, 3.63) is 51.6 Å². The Morgan fingerprint density at radius 1 is 1.27 bits per heavy atom. The smallest absolute Gasteiger partial charge is 0.287 e. The van der Waals surface area contributed by atoms with Gasteiger partial charge in [-0.25, -0.2) is 9.38 Å². The van der Waals surface area contributed by atoms with Crippen molar-refractivity contribution in [2.24, 2.45) is 0 Å². The number of benzene rings is 1. The van der Waals surface area contributed by atoms with E-state index in [2.05, 4.69) is 30.9 Å². The molecule has 5 unspecified atom stereocenters. The summed E-state index contributed by atoms with van der Waals surface area (Å²) in [6.07, 6.45) is -0.983. The van der Waals surface area contributed by atoms with Crippen molar-refractivity contribution in [2.45, 2.75) is 24.5 Å². The van der Waals surface area contributed by atoms with Crippen LogP contribution >= 0.6 is 25.0 Å². The summed E-state index contributed by atoms with van der Waals surface area (Å²) in [5, 5.41) is 10.8. The number of hydrogen-bond donors (Lipinski definition) is 2. The lowest BCUT2D eigenvalue weighted by Gasteiger charge is -2.24. The zero-order valence-electron chi connectivity index (χ0n) is 15.2. The number of aliphatic hydroxyl groups excluding tert-OH is 1. The summed E-state index contributed by atoms with van der Waals surface area (Å²) < 4.78 is 20.1. The van der Waals surface area contributed by atoms with Gasteiger partial charge in [0.1, 0.15) is 18.3 Å². The van der Waals surface area contributed by atoms with Gasteiger partial charge in [-0.05, 0) is 21.5 Å². The van der Waals surface area contributed by atoms with Crippen LogP contribution in [0.15, 0.2) is 46.1 Å². The predicted molar refractivity (Wildman–Crippen MR) is 111 cm³/mol. The minimum Gasteiger partial charge on any atom is -0.386 e. The van der Waals surface area contributed by atoms with Gasteiger partial charge in [-0.2, -0.15) is 4.98 Å². The van der Waals surface area contributed by atoms with Crippen molar-refractivity contribution in [1.82, 2.24) is 23.9 Å². The molecule has 2 aliphatic heterocycles. The number of H-pyrrole nitrogens is 1. The second kappa shape index (κ2) is 6.94. The zero-order valence-corrected chi connectivity index (χ0v) is 17.8.